The molecule has 0 amide bonds. The van der Waals surface area contributed by atoms with Crippen molar-refractivity contribution < 1.29 is 0 Å². The van der Waals surface area contributed by atoms with E-state index in [1.165, 1.54) is 22.5 Å². The molecule has 1 aromatic heterocycles. The highest BCUT2D eigenvalue weighted by molar-refractivity contribution is 5.45. The van der Waals surface area contributed by atoms with Crippen LogP contribution in [-0.2, 0) is 19.4 Å². The summed E-state index contributed by atoms with van der Waals surface area (Å²) in [6, 6.07) is 13.3. The SMILES string of the molecule is CNCc1ccc(CCc2ccc(N3CCN(C)CC3)cn2)cc1. The lowest BCUT2D eigenvalue weighted by atomic mass is 10.1. The monoisotopic (exact) mass is 324 g/mol. The fourth-order valence-electron chi connectivity index (χ4n) is 3.12. The van der Waals surface area contributed by atoms with Gasteiger partial charge in [0, 0.05) is 38.4 Å². The van der Waals surface area contributed by atoms with Crippen LogP contribution in [0, 0.1) is 0 Å². The Balaban J connectivity index is 1.52. The number of nitrogens with one attached hydrogen (secondary N) is 1. The van der Waals surface area contributed by atoms with E-state index in [2.05, 4.69) is 63.5 Å². The lowest BCUT2D eigenvalue weighted by Crippen LogP contribution is -2.44. The van der Waals surface area contributed by atoms with Crippen LogP contribution in [0.15, 0.2) is 42.6 Å². The molecule has 0 atom stereocenters. The predicted molar refractivity (Wildman–Crippen MR) is 101 cm³/mol. The molecule has 1 aliphatic rings. The minimum Gasteiger partial charge on any atom is -0.368 e. The third kappa shape index (κ3) is 4.56. The van der Waals surface area contributed by atoms with Crippen LogP contribution >= 0.6 is 0 Å². The first-order valence-electron chi connectivity index (χ1n) is 8.85. The van der Waals surface area contributed by atoms with Gasteiger partial charge in [-0.1, -0.05) is 24.3 Å². The van der Waals surface area contributed by atoms with Gasteiger partial charge in [0.05, 0.1) is 11.9 Å². The van der Waals surface area contributed by atoms with Crippen LogP contribution in [0.5, 0.6) is 0 Å². The molecule has 0 unspecified atom stereocenters. The van der Waals surface area contributed by atoms with Gasteiger partial charge in [0.25, 0.3) is 0 Å². The van der Waals surface area contributed by atoms with E-state index >= 15 is 0 Å². The third-order valence-electron chi connectivity index (χ3n) is 4.75. The average Bonchev–Trinajstić information content (AvgIpc) is 2.63. The second-order valence-electron chi connectivity index (χ2n) is 6.64. The number of rotatable bonds is 6. The summed E-state index contributed by atoms with van der Waals surface area (Å²) < 4.78 is 0. The van der Waals surface area contributed by atoms with Crippen LogP contribution in [0.2, 0.25) is 0 Å². The molecular weight excluding hydrogens is 296 g/mol. The molecule has 0 bridgehead atoms. The minimum absolute atomic E-state index is 0.926. The second kappa shape index (κ2) is 8.27. The molecule has 4 heteroatoms. The number of likely N-dealkylation sites (N-methyl/N-ethyl adjacent to an activating group) is 1. The Morgan fingerprint density at radius 1 is 0.917 bits per heavy atom. The number of hydrogen-bond donors (Lipinski definition) is 1. The van der Waals surface area contributed by atoms with Crippen LogP contribution in [0.3, 0.4) is 0 Å². The summed E-state index contributed by atoms with van der Waals surface area (Å²) in [4.78, 5) is 9.47. The summed E-state index contributed by atoms with van der Waals surface area (Å²) in [5, 5.41) is 3.18. The molecular formula is C20H28N4. The van der Waals surface area contributed by atoms with Crippen LogP contribution in [0.4, 0.5) is 5.69 Å². The maximum Gasteiger partial charge on any atom is 0.0553 e. The quantitative estimate of drug-likeness (QED) is 0.884. The van der Waals surface area contributed by atoms with E-state index in [1.807, 2.05) is 13.2 Å². The van der Waals surface area contributed by atoms with Gasteiger partial charge in [-0.05, 0) is 50.2 Å². The van der Waals surface area contributed by atoms with Crippen LogP contribution in [0.1, 0.15) is 16.8 Å². The number of aryl methyl sites for hydroxylation is 2. The molecule has 2 heterocycles. The second-order valence-corrected chi connectivity index (χ2v) is 6.64. The summed E-state index contributed by atoms with van der Waals surface area (Å²) in [6.45, 7) is 5.37. The topological polar surface area (TPSA) is 31.4 Å². The van der Waals surface area contributed by atoms with E-state index in [-0.39, 0.29) is 0 Å². The molecule has 0 aliphatic carbocycles. The van der Waals surface area contributed by atoms with Crippen molar-refractivity contribution in [3.8, 4) is 0 Å². The van der Waals surface area contributed by atoms with Gasteiger partial charge >= 0.3 is 0 Å². The average molecular weight is 324 g/mol. The summed E-state index contributed by atoms with van der Waals surface area (Å²) >= 11 is 0. The number of aromatic nitrogens is 1. The molecule has 3 rings (SSSR count). The van der Waals surface area contributed by atoms with E-state index in [1.54, 1.807) is 0 Å². The van der Waals surface area contributed by atoms with Gasteiger partial charge in [0.1, 0.15) is 0 Å². The maximum atomic E-state index is 4.67. The van der Waals surface area contributed by atoms with E-state index in [9.17, 15) is 0 Å². The van der Waals surface area contributed by atoms with Crippen molar-refractivity contribution in [1.29, 1.82) is 0 Å². The molecule has 4 nitrogen and oxygen atoms in total. The Morgan fingerprint density at radius 3 is 2.25 bits per heavy atom. The van der Waals surface area contributed by atoms with Crippen molar-refractivity contribution >= 4 is 5.69 Å². The van der Waals surface area contributed by atoms with E-state index in [0.29, 0.717) is 0 Å². The number of pyridine rings is 1. The molecule has 1 aromatic carbocycles. The first-order chi connectivity index (χ1) is 11.7. The maximum absolute atomic E-state index is 4.67. The molecule has 0 radical (unpaired) electrons. The van der Waals surface area contributed by atoms with Crippen molar-refractivity contribution in [3.63, 3.8) is 0 Å². The largest absolute Gasteiger partial charge is 0.368 e. The number of piperazine rings is 1. The molecule has 128 valence electrons. The van der Waals surface area contributed by atoms with Crippen molar-refractivity contribution in [1.82, 2.24) is 15.2 Å². The van der Waals surface area contributed by atoms with Crippen molar-refractivity contribution in [2.45, 2.75) is 19.4 Å². The van der Waals surface area contributed by atoms with Crippen LogP contribution in [0.25, 0.3) is 0 Å². The number of benzene rings is 1. The highest BCUT2D eigenvalue weighted by Gasteiger charge is 2.14. The number of hydrogen-bond acceptors (Lipinski definition) is 4. The fraction of sp³-hybridized carbons (Fsp3) is 0.450. The molecule has 24 heavy (non-hydrogen) atoms. The first kappa shape index (κ1) is 16.9. The number of nitrogens with zero attached hydrogens (tertiary/aromatic N) is 3. The predicted octanol–water partition coefficient (Wildman–Crippen LogP) is 2.34. The van der Waals surface area contributed by atoms with Crippen LogP contribution < -0.4 is 10.2 Å². The normalized spacial score (nSPS) is 15.7. The van der Waals surface area contributed by atoms with Crippen molar-refractivity contribution in [2.24, 2.45) is 0 Å². The molecule has 1 N–H and O–H groups in total. The van der Waals surface area contributed by atoms with Gasteiger partial charge in [-0.15, -0.1) is 0 Å². The summed E-state index contributed by atoms with van der Waals surface area (Å²) in [5.74, 6) is 0. The molecule has 1 saturated heterocycles. The Bertz CT molecular complexity index is 613. The standard InChI is InChI=1S/C20H28N4/c1-21-15-18-5-3-17(4-6-18)7-8-19-9-10-20(16-22-19)24-13-11-23(2)12-14-24/h3-6,9-10,16,21H,7-8,11-15H2,1-2H3. The van der Waals surface area contributed by atoms with Crippen molar-refractivity contribution in [2.75, 3.05) is 45.2 Å². The Morgan fingerprint density at radius 2 is 1.62 bits per heavy atom. The minimum atomic E-state index is 0.926. The van der Waals surface area contributed by atoms with Gasteiger partial charge in [-0.2, -0.15) is 0 Å². The lowest BCUT2D eigenvalue weighted by molar-refractivity contribution is 0.313. The highest BCUT2D eigenvalue weighted by Crippen LogP contribution is 2.16. The zero-order chi connectivity index (χ0) is 16.8. The van der Waals surface area contributed by atoms with Gasteiger partial charge in [-0.3, -0.25) is 4.98 Å². The van der Waals surface area contributed by atoms with Gasteiger partial charge in [0.15, 0.2) is 0 Å². The smallest absolute Gasteiger partial charge is 0.0553 e. The zero-order valence-corrected chi connectivity index (χ0v) is 14.8. The van der Waals surface area contributed by atoms with E-state index < -0.39 is 0 Å². The first-order valence-corrected chi connectivity index (χ1v) is 8.85. The highest BCUT2D eigenvalue weighted by atomic mass is 15.2. The Kier molecular flexibility index (Phi) is 5.83. The third-order valence-corrected chi connectivity index (χ3v) is 4.75. The lowest BCUT2D eigenvalue weighted by Gasteiger charge is -2.33. The summed E-state index contributed by atoms with van der Waals surface area (Å²) in [7, 11) is 4.16. The van der Waals surface area contributed by atoms with Gasteiger partial charge < -0.3 is 15.1 Å². The van der Waals surface area contributed by atoms with Gasteiger partial charge in [-0.25, -0.2) is 0 Å². The molecule has 1 fully saturated rings. The summed E-state index contributed by atoms with van der Waals surface area (Å²) in [6.07, 6.45) is 4.08. The Hall–Kier alpha value is -1.91. The van der Waals surface area contributed by atoms with Crippen LogP contribution in [-0.4, -0.2) is 50.2 Å². The van der Waals surface area contributed by atoms with E-state index in [0.717, 1.165) is 45.6 Å². The molecule has 1 aliphatic heterocycles. The van der Waals surface area contributed by atoms with Gasteiger partial charge in [0.2, 0.25) is 0 Å². The fourth-order valence-corrected chi connectivity index (χ4v) is 3.12. The van der Waals surface area contributed by atoms with Crippen molar-refractivity contribution in [3.05, 3.63) is 59.4 Å². The molecule has 0 spiro atoms. The molecule has 0 saturated carbocycles. The Labute approximate surface area is 145 Å². The zero-order valence-electron chi connectivity index (χ0n) is 14.8. The molecule has 2 aromatic rings. The number of anilines is 1. The van der Waals surface area contributed by atoms with E-state index in [4.69, 9.17) is 0 Å². The summed E-state index contributed by atoms with van der Waals surface area (Å²) in [5.41, 5.74) is 5.13.